The second kappa shape index (κ2) is 10.7. The Balaban J connectivity index is 2.08. The molecule has 0 bridgehead atoms. The number of nitrogens with one attached hydrogen (secondary N) is 2. The number of aromatic nitrogens is 2. The lowest BCUT2D eigenvalue weighted by Gasteiger charge is -2.30. The van der Waals surface area contributed by atoms with E-state index in [1.807, 2.05) is 18.2 Å². The summed E-state index contributed by atoms with van der Waals surface area (Å²) in [6.07, 6.45) is 1.53. The number of anilines is 3. The summed E-state index contributed by atoms with van der Waals surface area (Å²) in [6.45, 7) is 10.6. The van der Waals surface area contributed by atoms with E-state index in [4.69, 9.17) is 14.2 Å². The Labute approximate surface area is 173 Å². The van der Waals surface area contributed by atoms with Crippen LogP contribution in [0, 0.1) is 0 Å². The minimum atomic E-state index is 0.499. The van der Waals surface area contributed by atoms with E-state index >= 15 is 0 Å². The molecule has 1 heterocycles. The van der Waals surface area contributed by atoms with Crippen molar-refractivity contribution < 1.29 is 14.2 Å². The molecule has 2 N–H and O–H groups in total. The lowest BCUT2D eigenvalue weighted by Crippen LogP contribution is -2.40. The van der Waals surface area contributed by atoms with E-state index in [0.29, 0.717) is 35.2 Å². The van der Waals surface area contributed by atoms with Crippen LogP contribution >= 0.6 is 0 Å². The molecule has 0 saturated heterocycles. The van der Waals surface area contributed by atoms with Crippen LogP contribution in [-0.2, 0) is 0 Å². The average molecular weight is 404 g/mol. The van der Waals surface area contributed by atoms with Crippen LogP contribution < -0.4 is 24.8 Å². The van der Waals surface area contributed by atoms with E-state index in [1.54, 1.807) is 21.3 Å². The topological polar surface area (TPSA) is 80.8 Å². The number of nitrogens with zero attached hydrogens (tertiary/aromatic N) is 3. The van der Waals surface area contributed by atoms with Crippen molar-refractivity contribution in [2.45, 2.75) is 39.8 Å². The van der Waals surface area contributed by atoms with Gasteiger partial charge < -0.3 is 24.8 Å². The van der Waals surface area contributed by atoms with Crippen LogP contribution in [0.15, 0.2) is 24.5 Å². The molecule has 0 unspecified atom stereocenters. The lowest BCUT2D eigenvalue weighted by molar-refractivity contribution is 0.182. The second-order valence-electron chi connectivity index (χ2n) is 7.18. The summed E-state index contributed by atoms with van der Waals surface area (Å²) < 4.78 is 16.2. The maximum absolute atomic E-state index is 5.40. The van der Waals surface area contributed by atoms with Crippen molar-refractivity contribution in [1.29, 1.82) is 0 Å². The van der Waals surface area contributed by atoms with Gasteiger partial charge in [-0.1, -0.05) is 0 Å². The number of methoxy groups -OCH3 is 3. The molecule has 0 saturated carbocycles. The van der Waals surface area contributed by atoms with Crippen LogP contribution in [0.4, 0.5) is 17.3 Å². The second-order valence-corrected chi connectivity index (χ2v) is 7.18. The lowest BCUT2D eigenvalue weighted by atomic mass is 10.2. The molecule has 0 aliphatic carbocycles. The highest BCUT2D eigenvalue weighted by Gasteiger charge is 2.14. The van der Waals surface area contributed by atoms with E-state index in [1.165, 1.54) is 6.33 Å². The first-order valence-electron chi connectivity index (χ1n) is 9.78. The van der Waals surface area contributed by atoms with Crippen LogP contribution in [0.3, 0.4) is 0 Å². The van der Waals surface area contributed by atoms with Crippen molar-refractivity contribution >= 4 is 17.3 Å². The molecule has 0 atom stereocenters. The van der Waals surface area contributed by atoms with Gasteiger partial charge in [0.05, 0.1) is 21.3 Å². The van der Waals surface area contributed by atoms with Crippen LogP contribution in [0.1, 0.15) is 27.7 Å². The van der Waals surface area contributed by atoms with Gasteiger partial charge in [-0.15, -0.1) is 0 Å². The van der Waals surface area contributed by atoms with Gasteiger partial charge in [0, 0.05) is 49.1 Å². The van der Waals surface area contributed by atoms with Gasteiger partial charge in [0.2, 0.25) is 5.75 Å². The minimum absolute atomic E-state index is 0.499. The summed E-state index contributed by atoms with van der Waals surface area (Å²) in [5, 5.41) is 6.64. The predicted octanol–water partition coefficient (Wildman–Crippen LogP) is 3.78. The standard InChI is InChI=1S/C21H33N5O3/c1-14(2)26(15(3)4)9-8-22-19-12-20(24-13-23-19)25-16-10-17(27-5)21(29-7)18(11-16)28-6/h10-15H,8-9H2,1-7H3,(H2,22,23,24,25). The molecule has 0 fully saturated rings. The Hall–Kier alpha value is -2.74. The van der Waals surface area contributed by atoms with Crippen molar-refractivity contribution in [2.24, 2.45) is 0 Å². The van der Waals surface area contributed by atoms with Gasteiger partial charge in [-0.2, -0.15) is 0 Å². The van der Waals surface area contributed by atoms with Gasteiger partial charge in [0.15, 0.2) is 11.5 Å². The molecular formula is C21H33N5O3. The fourth-order valence-electron chi connectivity index (χ4n) is 3.25. The van der Waals surface area contributed by atoms with Gasteiger partial charge in [-0.05, 0) is 27.7 Å². The average Bonchev–Trinajstić information content (AvgIpc) is 2.70. The molecular weight excluding hydrogens is 370 g/mol. The summed E-state index contributed by atoms with van der Waals surface area (Å²) in [5.41, 5.74) is 0.773. The van der Waals surface area contributed by atoms with Crippen molar-refractivity contribution in [1.82, 2.24) is 14.9 Å². The molecule has 1 aromatic carbocycles. The van der Waals surface area contributed by atoms with Crippen LogP contribution in [0.2, 0.25) is 0 Å². The Morgan fingerprint density at radius 3 is 1.97 bits per heavy atom. The van der Waals surface area contributed by atoms with Crippen molar-refractivity contribution in [3.8, 4) is 17.2 Å². The first-order chi connectivity index (χ1) is 13.9. The fourth-order valence-corrected chi connectivity index (χ4v) is 3.25. The molecule has 160 valence electrons. The number of hydrogen-bond acceptors (Lipinski definition) is 8. The van der Waals surface area contributed by atoms with Gasteiger partial charge >= 0.3 is 0 Å². The number of rotatable bonds is 11. The Bertz CT molecular complexity index is 750. The van der Waals surface area contributed by atoms with Crippen molar-refractivity contribution in [3.05, 3.63) is 24.5 Å². The Morgan fingerprint density at radius 2 is 1.45 bits per heavy atom. The zero-order valence-electron chi connectivity index (χ0n) is 18.4. The highest BCUT2D eigenvalue weighted by atomic mass is 16.5. The quantitative estimate of drug-likeness (QED) is 0.587. The number of benzene rings is 1. The first-order valence-corrected chi connectivity index (χ1v) is 9.78. The summed E-state index contributed by atoms with van der Waals surface area (Å²) in [4.78, 5) is 11.0. The zero-order chi connectivity index (χ0) is 21.4. The van der Waals surface area contributed by atoms with Gasteiger partial charge in [-0.3, -0.25) is 4.90 Å². The van der Waals surface area contributed by atoms with E-state index in [2.05, 4.69) is 53.2 Å². The third kappa shape index (κ3) is 6.12. The molecule has 0 spiro atoms. The first kappa shape index (κ1) is 22.5. The maximum Gasteiger partial charge on any atom is 0.203 e. The largest absolute Gasteiger partial charge is 0.493 e. The molecule has 2 aromatic rings. The molecule has 29 heavy (non-hydrogen) atoms. The Morgan fingerprint density at radius 1 is 0.862 bits per heavy atom. The van der Waals surface area contributed by atoms with Crippen LogP contribution in [0.25, 0.3) is 0 Å². The third-order valence-electron chi connectivity index (χ3n) is 4.61. The van der Waals surface area contributed by atoms with E-state index in [9.17, 15) is 0 Å². The smallest absolute Gasteiger partial charge is 0.203 e. The molecule has 8 heteroatoms. The normalized spacial score (nSPS) is 11.1. The van der Waals surface area contributed by atoms with Crippen molar-refractivity contribution in [2.75, 3.05) is 45.1 Å². The highest BCUT2D eigenvalue weighted by Crippen LogP contribution is 2.40. The summed E-state index contributed by atoms with van der Waals surface area (Å²) in [7, 11) is 4.76. The number of ether oxygens (including phenoxy) is 3. The minimum Gasteiger partial charge on any atom is -0.493 e. The van der Waals surface area contributed by atoms with Crippen LogP contribution in [0.5, 0.6) is 17.2 Å². The molecule has 0 amide bonds. The Kier molecular flexibility index (Phi) is 8.33. The molecule has 0 aliphatic rings. The fraction of sp³-hybridized carbons (Fsp3) is 0.524. The maximum atomic E-state index is 5.40. The van der Waals surface area contributed by atoms with Crippen LogP contribution in [-0.4, -0.2) is 61.4 Å². The molecule has 0 aliphatic heterocycles. The van der Waals surface area contributed by atoms with E-state index < -0.39 is 0 Å². The van der Waals surface area contributed by atoms with E-state index in [-0.39, 0.29) is 0 Å². The summed E-state index contributed by atoms with van der Waals surface area (Å²) in [5.74, 6) is 3.13. The van der Waals surface area contributed by atoms with Gasteiger partial charge in [0.1, 0.15) is 18.0 Å². The molecule has 2 rings (SSSR count). The molecule has 1 aromatic heterocycles. The predicted molar refractivity (Wildman–Crippen MR) is 117 cm³/mol. The van der Waals surface area contributed by atoms with Gasteiger partial charge in [-0.25, -0.2) is 9.97 Å². The molecule has 0 radical (unpaired) electrons. The van der Waals surface area contributed by atoms with Gasteiger partial charge in [0.25, 0.3) is 0 Å². The van der Waals surface area contributed by atoms with E-state index in [0.717, 1.165) is 24.6 Å². The summed E-state index contributed by atoms with van der Waals surface area (Å²) in [6, 6.07) is 6.54. The SMILES string of the molecule is COc1cc(Nc2cc(NCCN(C(C)C)C(C)C)ncn2)cc(OC)c1OC. The summed E-state index contributed by atoms with van der Waals surface area (Å²) >= 11 is 0. The highest BCUT2D eigenvalue weighted by molar-refractivity contribution is 5.67. The monoisotopic (exact) mass is 403 g/mol. The molecule has 8 nitrogen and oxygen atoms in total. The third-order valence-corrected chi connectivity index (χ3v) is 4.61. The zero-order valence-corrected chi connectivity index (χ0v) is 18.4. The van der Waals surface area contributed by atoms with Crippen molar-refractivity contribution in [3.63, 3.8) is 0 Å². The number of hydrogen-bond donors (Lipinski definition) is 2.